The van der Waals surface area contributed by atoms with Gasteiger partial charge in [0.15, 0.2) is 5.82 Å². The van der Waals surface area contributed by atoms with Crippen LogP contribution in [-0.4, -0.2) is 26.8 Å². The number of hydrogen-bond donors (Lipinski definition) is 0. The average molecular weight is 293 g/mol. The van der Waals surface area contributed by atoms with Gasteiger partial charge < -0.3 is 13.8 Å². The van der Waals surface area contributed by atoms with Crippen LogP contribution in [-0.2, 0) is 12.4 Å². The van der Waals surface area contributed by atoms with Crippen LogP contribution in [0, 0.1) is 6.92 Å². The predicted molar refractivity (Wildman–Crippen MR) is 74.0 cm³/mol. The number of hydrogen-bond acceptors (Lipinski definition) is 5. The fraction of sp³-hybridized carbons (Fsp3) is 0.308. The van der Waals surface area contributed by atoms with Gasteiger partial charge in [-0.3, -0.25) is 0 Å². The van der Waals surface area contributed by atoms with E-state index in [-0.39, 0.29) is 0 Å². The van der Waals surface area contributed by atoms with Crippen LogP contribution in [0.5, 0.6) is 5.75 Å². The number of imidazole rings is 1. The Hall–Kier alpha value is -2.08. The van der Waals surface area contributed by atoms with Gasteiger partial charge in [0.25, 0.3) is 0 Å². The van der Waals surface area contributed by atoms with Gasteiger partial charge >= 0.3 is 0 Å². The van der Waals surface area contributed by atoms with E-state index in [4.69, 9.17) is 20.9 Å². The van der Waals surface area contributed by atoms with E-state index in [1.165, 1.54) is 0 Å². The zero-order valence-corrected chi connectivity index (χ0v) is 11.9. The highest BCUT2D eigenvalue weighted by molar-refractivity contribution is 6.16. The van der Waals surface area contributed by atoms with Gasteiger partial charge in [-0.1, -0.05) is 5.16 Å². The molecule has 2 aromatic heterocycles. The summed E-state index contributed by atoms with van der Waals surface area (Å²) in [5.74, 6) is 2.97. The molecule has 0 fully saturated rings. The molecule has 0 saturated carbocycles. The van der Waals surface area contributed by atoms with Crippen LogP contribution >= 0.6 is 11.6 Å². The quantitative estimate of drug-likeness (QED) is 0.691. The molecule has 104 valence electrons. The molecule has 0 aliphatic rings. The van der Waals surface area contributed by atoms with Crippen LogP contribution in [0.3, 0.4) is 0 Å². The molecule has 2 heterocycles. The maximum absolute atomic E-state index is 5.97. The first kappa shape index (κ1) is 12.9. The summed E-state index contributed by atoms with van der Waals surface area (Å²) >= 11 is 5.97. The van der Waals surface area contributed by atoms with Crippen molar-refractivity contribution in [3.8, 4) is 5.75 Å². The zero-order chi connectivity index (χ0) is 14.1. The molecule has 0 spiro atoms. The summed E-state index contributed by atoms with van der Waals surface area (Å²) in [5, 5.41) is 3.91. The van der Waals surface area contributed by atoms with Gasteiger partial charge in [-0.2, -0.15) is 4.98 Å². The lowest BCUT2D eigenvalue weighted by Crippen LogP contribution is -2.05. The number of nitrogens with zero attached hydrogens (tertiary/aromatic N) is 4. The predicted octanol–water partition coefficient (Wildman–Crippen LogP) is 2.52. The summed E-state index contributed by atoms with van der Waals surface area (Å²) in [6.07, 6.45) is 0. The van der Waals surface area contributed by atoms with E-state index in [0.29, 0.717) is 24.1 Å². The van der Waals surface area contributed by atoms with E-state index in [1.54, 1.807) is 14.0 Å². The lowest BCUT2D eigenvalue weighted by atomic mass is 10.3. The molecule has 20 heavy (non-hydrogen) atoms. The second-order valence-corrected chi connectivity index (χ2v) is 4.60. The molecule has 0 atom stereocenters. The van der Waals surface area contributed by atoms with Crippen molar-refractivity contribution < 1.29 is 9.26 Å². The van der Waals surface area contributed by atoms with Crippen LogP contribution in [0.15, 0.2) is 22.7 Å². The molecule has 3 aromatic rings. The van der Waals surface area contributed by atoms with Crippen LogP contribution in [0.4, 0.5) is 0 Å². The largest absolute Gasteiger partial charge is 0.497 e. The summed E-state index contributed by atoms with van der Waals surface area (Å²) in [7, 11) is 1.63. The van der Waals surface area contributed by atoms with Gasteiger partial charge in [-0.25, -0.2) is 4.98 Å². The molecule has 0 bridgehead atoms. The van der Waals surface area contributed by atoms with E-state index < -0.39 is 0 Å². The van der Waals surface area contributed by atoms with Crippen molar-refractivity contribution in [2.24, 2.45) is 0 Å². The first-order valence-electron chi connectivity index (χ1n) is 6.09. The Bertz CT molecular complexity index is 750. The molecule has 0 amide bonds. The van der Waals surface area contributed by atoms with Crippen molar-refractivity contribution in [3.63, 3.8) is 0 Å². The average Bonchev–Trinajstić information content (AvgIpc) is 3.03. The Labute approximate surface area is 120 Å². The summed E-state index contributed by atoms with van der Waals surface area (Å²) in [5.41, 5.74) is 1.80. The normalized spacial score (nSPS) is 11.2. The molecule has 0 unspecified atom stereocenters. The highest BCUT2D eigenvalue weighted by Crippen LogP contribution is 2.23. The van der Waals surface area contributed by atoms with E-state index in [2.05, 4.69) is 15.1 Å². The molecular formula is C13H13ClN4O2. The van der Waals surface area contributed by atoms with Crippen molar-refractivity contribution >= 4 is 22.6 Å². The third-order valence-corrected chi connectivity index (χ3v) is 3.26. The number of ether oxygens (including phenoxy) is 1. The Morgan fingerprint density at radius 1 is 1.35 bits per heavy atom. The van der Waals surface area contributed by atoms with Gasteiger partial charge in [-0.05, 0) is 12.1 Å². The van der Waals surface area contributed by atoms with E-state index >= 15 is 0 Å². The number of aromatic nitrogens is 4. The molecule has 0 aliphatic heterocycles. The number of methoxy groups -OCH3 is 1. The first-order chi connectivity index (χ1) is 9.71. The zero-order valence-electron chi connectivity index (χ0n) is 11.1. The molecule has 0 saturated heterocycles. The van der Waals surface area contributed by atoms with Crippen molar-refractivity contribution in [1.82, 2.24) is 19.7 Å². The molecular weight excluding hydrogens is 280 g/mol. The maximum Gasteiger partial charge on any atom is 0.223 e. The number of rotatable bonds is 4. The number of halogens is 1. The van der Waals surface area contributed by atoms with Crippen molar-refractivity contribution in [1.29, 1.82) is 0 Å². The Kier molecular flexibility index (Phi) is 3.31. The third-order valence-electron chi connectivity index (χ3n) is 3.02. The SMILES string of the molecule is COc1ccc2nc(CCl)n(Cc3noc(C)n3)c2c1. The lowest BCUT2D eigenvalue weighted by Gasteiger charge is -2.05. The number of benzene rings is 1. The first-order valence-corrected chi connectivity index (χ1v) is 6.63. The van der Waals surface area contributed by atoms with Gasteiger partial charge in [0.05, 0.1) is 30.6 Å². The fourth-order valence-electron chi connectivity index (χ4n) is 2.10. The summed E-state index contributed by atoms with van der Waals surface area (Å²) in [4.78, 5) is 8.71. The smallest absolute Gasteiger partial charge is 0.223 e. The fourth-order valence-corrected chi connectivity index (χ4v) is 2.31. The van der Waals surface area contributed by atoms with Crippen LogP contribution in [0.1, 0.15) is 17.5 Å². The van der Waals surface area contributed by atoms with E-state index in [9.17, 15) is 0 Å². The minimum Gasteiger partial charge on any atom is -0.497 e. The Morgan fingerprint density at radius 2 is 2.20 bits per heavy atom. The molecule has 0 aliphatic carbocycles. The molecule has 1 aromatic carbocycles. The van der Waals surface area contributed by atoms with Crippen LogP contribution < -0.4 is 4.74 Å². The lowest BCUT2D eigenvalue weighted by molar-refractivity contribution is 0.386. The monoisotopic (exact) mass is 292 g/mol. The number of aryl methyl sites for hydroxylation is 1. The minimum absolute atomic E-state index is 0.313. The summed E-state index contributed by atoms with van der Waals surface area (Å²) in [6, 6.07) is 5.70. The second-order valence-electron chi connectivity index (χ2n) is 4.33. The van der Waals surface area contributed by atoms with Crippen LogP contribution in [0.25, 0.3) is 11.0 Å². The standard InChI is InChI=1S/C13H13ClN4O2/c1-8-15-12(17-20-8)7-18-11-5-9(19-2)3-4-10(11)16-13(18)6-14/h3-5H,6-7H2,1-2H3. The second kappa shape index (κ2) is 5.13. The minimum atomic E-state index is 0.313. The van der Waals surface area contributed by atoms with Gasteiger partial charge in [0.2, 0.25) is 5.89 Å². The van der Waals surface area contributed by atoms with Crippen molar-refractivity contribution in [3.05, 3.63) is 35.7 Å². The van der Waals surface area contributed by atoms with Gasteiger partial charge in [0, 0.05) is 13.0 Å². The molecule has 0 radical (unpaired) electrons. The molecule has 0 N–H and O–H groups in total. The number of fused-ring (bicyclic) bond motifs is 1. The van der Waals surface area contributed by atoms with Gasteiger partial charge in [-0.15, -0.1) is 11.6 Å². The Morgan fingerprint density at radius 3 is 2.85 bits per heavy atom. The van der Waals surface area contributed by atoms with Crippen molar-refractivity contribution in [2.75, 3.05) is 7.11 Å². The molecule has 3 rings (SSSR count). The van der Waals surface area contributed by atoms with Crippen LogP contribution in [0.2, 0.25) is 0 Å². The topological polar surface area (TPSA) is 66.0 Å². The van der Waals surface area contributed by atoms with E-state index in [0.717, 1.165) is 22.6 Å². The molecule has 7 heteroatoms. The van der Waals surface area contributed by atoms with E-state index in [1.807, 2.05) is 22.8 Å². The number of alkyl halides is 1. The maximum atomic E-state index is 5.97. The highest BCUT2D eigenvalue weighted by Gasteiger charge is 2.13. The summed E-state index contributed by atoms with van der Waals surface area (Å²) in [6.45, 7) is 2.22. The highest BCUT2D eigenvalue weighted by atomic mass is 35.5. The van der Waals surface area contributed by atoms with Gasteiger partial charge in [0.1, 0.15) is 11.6 Å². The summed E-state index contributed by atoms with van der Waals surface area (Å²) < 4.78 is 12.2. The van der Waals surface area contributed by atoms with Crippen molar-refractivity contribution in [2.45, 2.75) is 19.3 Å². The Balaban J connectivity index is 2.10. The third kappa shape index (κ3) is 2.22. The molecule has 6 nitrogen and oxygen atoms in total.